The first-order valence-electron chi connectivity index (χ1n) is 11.6. The van der Waals surface area contributed by atoms with Crippen LogP contribution in [0.2, 0.25) is 0 Å². The lowest BCUT2D eigenvalue weighted by molar-refractivity contribution is -0.384. The van der Waals surface area contributed by atoms with Gasteiger partial charge < -0.3 is 10.1 Å². The molecule has 1 aliphatic heterocycles. The van der Waals surface area contributed by atoms with E-state index >= 15 is 0 Å². The van der Waals surface area contributed by atoms with Crippen molar-refractivity contribution < 1.29 is 24.0 Å². The first-order chi connectivity index (χ1) is 16.9. The Labute approximate surface area is 201 Å². The molecule has 0 radical (unpaired) electrons. The summed E-state index contributed by atoms with van der Waals surface area (Å²) in [5, 5.41) is 13.9. The quantitative estimate of drug-likeness (QED) is 0.281. The number of anilines is 1. The molecule has 2 aromatic carbocycles. The second-order valence-corrected chi connectivity index (χ2v) is 9.21. The van der Waals surface area contributed by atoms with Crippen LogP contribution in [0.15, 0.2) is 60.7 Å². The standard InChI is InChI=1S/C26H25N3O6/c1-35-21-12-11-18(29(33)34)13-19(21)27-22(30)14-20(15-5-3-2-4-6-15)28-25(31)23-16-7-8-17(10-9-16)24(23)26(28)32/h2-8,11-13,16-17,20,23-24H,9-10,14H2,1H3,(H,27,30)/t16-,17-,20+,23-,24-/m0/s1. The Morgan fingerprint density at radius 2 is 1.71 bits per heavy atom. The Balaban J connectivity index is 1.44. The molecule has 9 heteroatoms. The number of allylic oxidation sites excluding steroid dienone is 2. The average Bonchev–Trinajstić information content (AvgIpc) is 3.15. The Morgan fingerprint density at radius 3 is 2.26 bits per heavy atom. The normalized spacial score (nSPS) is 25.3. The van der Waals surface area contributed by atoms with E-state index in [1.54, 1.807) is 24.3 Å². The zero-order chi connectivity index (χ0) is 24.7. The molecule has 2 aromatic rings. The Hall–Kier alpha value is -4.01. The number of non-ortho nitro benzene ring substituents is 1. The van der Waals surface area contributed by atoms with Crippen molar-refractivity contribution in [2.75, 3.05) is 12.4 Å². The number of nitrogens with one attached hydrogen (secondary N) is 1. The van der Waals surface area contributed by atoms with Crippen molar-refractivity contribution in [2.24, 2.45) is 23.7 Å². The number of nitro benzene ring substituents is 1. The van der Waals surface area contributed by atoms with Crippen LogP contribution in [-0.4, -0.2) is 34.7 Å². The number of likely N-dealkylation sites (tertiary alicyclic amines) is 1. The number of carbonyl (C=O) groups is 3. The summed E-state index contributed by atoms with van der Waals surface area (Å²) in [5.74, 6) is -1.34. The van der Waals surface area contributed by atoms with Gasteiger partial charge in [0.2, 0.25) is 17.7 Å². The van der Waals surface area contributed by atoms with Crippen LogP contribution < -0.4 is 10.1 Å². The van der Waals surface area contributed by atoms with Crippen molar-refractivity contribution in [3.63, 3.8) is 0 Å². The molecule has 9 nitrogen and oxygen atoms in total. The SMILES string of the molecule is COc1ccc([N+](=O)[O-])cc1NC(=O)C[C@H](c1ccccc1)N1C(=O)[C@@H]2[C@@H](C1=O)[C@H]1C=C[C@H]2CC1. The Bertz CT molecular complexity index is 1190. The minimum atomic E-state index is -0.786. The highest BCUT2D eigenvalue weighted by atomic mass is 16.6. The van der Waals surface area contributed by atoms with Crippen LogP contribution in [0.1, 0.15) is 30.9 Å². The predicted molar refractivity (Wildman–Crippen MR) is 126 cm³/mol. The molecule has 2 fully saturated rings. The molecule has 6 rings (SSSR count). The van der Waals surface area contributed by atoms with Crippen molar-refractivity contribution in [2.45, 2.75) is 25.3 Å². The molecule has 1 heterocycles. The smallest absolute Gasteiger partial charge is 0.271 e. The van der Waals surface area contributed by atoms with Crippen LogP contribution in [0, 0.1) is 33.8 Å². The van der Waals surface area contributed by atoms with Crippen LogP contribution in [0.3, 0.4) is 0 Å². The van der Waals surface area contributed by atoms with E-state index < -0.39 is 16.9 Å². The summed E-state index contributed by atoms with van der Waals surface area (Å²) in [6.45, 7) is 0. The predicted octanol–water partition coefficient (Wildman–Crippen LogP) is 3.87. The van der Waals surface area contributed by atoms with Gasteiger partial charge in [0.25, 0.3) is 5.69 Å². The fourth-order valence-corrected chi connectivity index (χ4v) is 5.72. The van der Waals surface area contributed by atoms with Crippen LogP contribution in [0.4, 0.5) is 11.4 Å². The van der Waals surface area contributed by atoms with Gasteiger partial charge in [-0.3, -0.25) is 29.4 Å². The van der Waals surface area contributed by atoms with Crippen molar-refractivity contribution >= 4 is 29.1 Å². The van der Waals surface area contributed by atoms with Crippen molar-refractivity contribution in [3.05, 3.63) is 76.4 Å². The first kappa shape index (κ1) is 22.8. The topological polar surface area (TPSA) is 119 Å². The third-order valence-electron chi connectivity index (χ3n) is 7.34. The van der Waals surface area contributed by atoms with Crippen molar-refractivity contribution in [3.8, 4) is 5.75 Å². The van der Waals surface area contributed by atoms with Gasteiger partial charge in [-0.25, -0.2) is 0 Å². The summed E-state index contributed by atoms with van der Waals surface area (Å²) in [6, 6.07) is 12.1. The molecule has 35 heavy (non-hydrogen) atoms. The molecular weight excluding hydrogens is 450 g/mol. The molecule has 5 atom stereocenters. The van der Waals surface area contributed by atoms with Gasteiger partial charge >= 0.3 is 0 Å². The fraction of sp³-hybridized carbons (Fsp3) is 0.346. The third kappa shape index (κ3) is 3.96. The number of amides is 3. The maximum absolute atomic E-state index is 13.6. The molecule has 0 unspecified atom stereocenters. The van der Waals surface area contributed by atoms with E-state index in [-0.39, 0.29) is 59.0 Å². The lowest BCUT2D eigenvalue weighted by Gasteiger charge is -2.38. The number of nitrogens with zero attached hydrogens (tertiary/aromatic N) is 2. The van der Waals surface area contributed by atoms with Crippen LogP contribution >= 0.6 is 0 Å². The highest BCUT2D eigenvalue weighted by Gasteiger charge is 2.58. The largest absolute Gasteiger partial charge is 0.495 e. The summed E-state index contributed by atoms with van der Waals surface area (Å²) < 4.78 is 5.24. The number of methoxy groups -OCH3 is 1. The van der Waals surface area contributed by atoms with Crippen LogP contribution in [0.25, 0.3) is 0 Å². The number of ether oxygens (including phenoxy) is 1. The zero-order valence-electron chi connectivity index (χ0n) is 19.1. The zero-order valence-corrected chi connectivity index (χ0v) is 19.1. The van der Waals surface area contributed by atoms with E-state index in [1.807, 2.05) is 6.07 Å². The average molecular weight is 476 g/mol. The number of fused-ring (bicyclic) bond motifs is 1. The van der Waals surface area contributed by atoms with Crippen molar-refractivity contribution in [1.82, 2.24) is 4.90 Å². The Morgan fingerprint density at radius 1 is 1.09 bits per heavy atom. The third-order valence-corrected chi connectivity index (χ3v) is 7.34. The summed E-state index contributed by atoms with van der Waals surface area (Å²) >= 11 is 0. The molecule has 0 aromatic heterocycles. The second-order valence-electron chi connectivity index (χ2n) is 9.21. The number of hydrogen-bond donors (Lipinski definition) is 1. The number of hydrogen-bond acceptors (Lipinski definition) is 6. The highest BCUT2D eigenvalue weighted by molar-refractivity contribution is 6.07. The first-order valence-corrected chi connectivity index (χ1v) is 11.6. The summed E-state index contributed by atoms with van der Waals surface area (Å²) in [4.78, 5) is 52.2. The van der Waals surface area contributed by atoms with Gasteiger partial charge in [-0.2, -0.15) is 0 Å². The van der Waals surface area contributed by atoms with Gasteiger partial charge in [0.05, 0.1) is 42.0 Å². The second kappa shape index (κ2) is 8.98. The number of rotatable bonds is 7. The van der Waals surface area contributed by atoms with E-state index in [0.717, 1.165) is 12.8 Å². The maximum Gasteiger partial charge on any atom is 0.271 e. The van der Waals surface area contributed by atoms with E-state index in [2.05, 4.69) is 17.5 Å². The lowest BCUT2D eigenvalue weighted by atomic mass is 9.63. The van der Waals surface area contributed by atoms with E-state index in [0.29, 0.717) is 5.56 Å². The maximum atomic E-state index is 13.6. The number of nitro groups is 1. The fourth-order valence-electron chi connectivity index (χ4n) is 5.72. The van der Waals surface area contributed by atoms with E-state index in [1.165, 1.54) is 30.2 Å². The molecule has 180 valence electrons. The molecule has 3 amide bonds. The number of imide groups is 1. The molecule has 3 aliphatic carbocycles. The van der Waals surface area contributed by atoms with Gasteiger partial charge in [-0.05, 0) is 36.3 Å². The molecule has 1 saturated carbocycles. The molecule has 1 saturated heterocycles. The monoisotopic (exact) mass is 475 g/mol. The van der Waals surface area contributed by atoms with Gasteiger partial charge in [0.1, 0.15) is 5.75 Å². The molecule has 4 aliphatic rings. The number of benzene rings is 2. The molecule has 2 bridgehead atoms. The summed E-state index contributed by atoms with van der Waals surface area (Å²) in [6.07, 6.45) is 5.71. The van der Waals surface area contributed by atoms with Gasteiger partial charge in [-0.1, -0.05) is 42.5 Å². The molecule has 0 spiro atoms. The van der Waals surface area contributed by atoms with Gasteiger partial charge in [0.15, 0.2) is 0 Å². The van der Waals surface area contributed by atoms with Crippen LogP contribution in [-0.2, 0) is 14.4 Å². The highest BCUT2D eigenvalue weighted by Crippen LogP contribution is 2.51. The minimum Gasteiger partial charge on any atom is -0.495 e. The minimum absolute atomic E-state index is 0.0471. The number of carbonyl (C=O) groups excluding carboxylic acids is 3. The van der Waals surface area contributed by atoms with E-state index in [9.17, 15) is 24.5 Å². The Kier molecular flexibility index (Phi) is 5.84. The van der Waals surface area contributed by atoms with Gasteiger partial charge in [-0.15, -0.1) is 0 Å². The lowest BCUT2D eigenvalue weighted by Crippen LogP contribution is -2.38. The van der Waals surface area contributed by atoms with Crippen LogP contribution in [0.5, 0.6) is 5.75 Å². The molecular formula is C26H25N3O6. The van der Waals surface area contributed by atoms with Gasteiger partial charge in [0, 0.05) is 12.1 Å². The summed E-state index contributed by atoms with van der Waals surface area (Å²) in [7, 11) is 1.40. The van der Waals surface area contributed by atoms with E-state index in [4.69, 9.17) is 4.74 Å². The summed E-state index contributed by atoms with van der Waals surface area (Å²) in [5.41, 5.74) is 0.625. The molecule has 1 N–H and O–H groups in total. The van der Waals surface area contributed by atoms with Crippen molar-refractivity contribution in [1.29, 1.82) is 0 Å².